The van der Waals surface area contributed by atoms with Crippen molar-refractivity contribution in [3.8, 4) is 11.6 Å². The van der Waals surface area contributed by atoms with Crippen LogP contribution in [0.15, 0.2) is 53.2 Å². The highest BCUT2D eigenvalue weighted by Crippen LogP contribution is 2.22. The zero-order valence-electron chi connectivity index (χ0n) is 11.4. The van der Waals surface area contributed by atoms with Gasteiger partial charge in [-0.2, -0.15) is 0 Å². The van der Waals surface area contributed by atoms with Crippen LogP contribution < -0.4 is 0 Å². The van der Waals surface area contributed by atoms with Crippen molar-refractivity contribution in [2.24, 2.45) is 0 Å². The Morgan fingerprint density at radius 1 is 1.19 bits per heavy atom. The molecule has 21 heavy (non-hydrogen) atoms. The summed E-state index contributed by atoms with van der Waals surface area (Å²) in [5.41, 5.74) is 1.11. The van der Waals surface area contributed by atoms with Crippen LogP contribution in [0, 0.1) is 0 Å². The molecule has 1 aromatic carbocycles. The molecule has 0 fully saturated rings. The number of aryl methyl sites for hydroxylation is 2. The number of hydrogen-bond donors (Lipinski definition) is 1. The van der Waals surface area contributed by atoms with Gasteiger partial charge in [0, 0.05) is 24.0 Å². The number of aromatic nitrogens is 2. The molecular weight excluding hydrogens is 288 g/mol. The van der Waals surface area contributed by atoms with Gasteiger partial charge in [-0.3, -0.25) is 0 Å². The van der Waals surface area contributed by atoms with Gasteiger partial charge < -0.3 is 14.1 Å². The number of halogens is 1. The first-order valence-electron chi connectivity index (χ1n) is 6.72. The van der Waals surface area contributed by atoms with E-state index in [1.165, 1.54) is 0 Å². The predicted octanol–water partition coefficient (Wildman–Crippen LogP) is 3.53. The van der Waals surface area contributed by atoms with Crippen molar-refractivity contribution in [3.63, 3.8) is 0 Å². The maximum Gasteiger partial charge on any atom is 0.176 e. The van der Waals surface area contributed by atoms with Crippen LogP contribution >= 0.6 is 11.6 Å². The topological polar surface area (TPSA) is 51.2 Å². The summed E-state index contributed by atoms with van der Waals surface area (Å²) < 4.78 is 7.55. The summed E-state index contributed by atoms with van der Waals surface area (Å²) in [6.45, 7) is 0.647. The van der Waals surface area contributed by atoms with E-state index < -0.39 is 0 Å². The number of aliphatic hydroxyl groups excluding tert-OH is 1. The van der Waals surface area contributed by atoms with Crippen LogP contribution in [0.3, 0.4) is 0 Å². The number of nitrogens with zero attached hydrogens (tertiary/aromatic N) is 2. The summed E-state index contributed by atoms with van der Waals surface area (Å²) in [5.74, 6) is 1.94. The van der Waals surface area contributed by atoms with Crippen molar-refractivity contribution in [1.82, 2.24) is 9.55 Å². The standard InChI is InChI=1S/C16H15ClN2O2/c17-14-4-2-1-3-12(14)7-9-19-10-8-18-16(19)15-6-5-13(11-20)21-15/h1-6,8,10,20H,7,9,11H2. The first kappa shape index (κ1) is 13.9. The number of aliphatic hydroxyl groups is 1. The largest absolute Gasteiger partial charge is 0.455 e. The number of hydrogen-bond acceptors (Lipinski definition) is 3. The van der Waals surface area contributed by atoms with Crippen molar-refractivity contribution < 1.29 is 9.52 Å². The molecule has 0 aliphatic carbocycles. The molecule has 3 rings (SSSR count). The maximum absolute atomic E-state index is 9.06. The number of rotatable bonds is 5. The van der Waals surface area contributed by atoms with Gasteiger partial charge in [-0.05, 0) is 30.2 Å². The van der Waals surface area contributed by atoms with Crippen LogP contribution in [0.2, 0.25) is 5.02 Å². The molecule has 0 unspecified atom stereocenters. The number of imidazole rings is 1. The lowest BCUT2D eigenvalue weighted by atomic mass is 10.1. The second kappa shape index (κ2) is 6.16. The minimum atomic E-state index is -0.111. The smallest absolute Gasteiger partial charge is 0.176 e. The highest BCUT2D eigenvalue weighted by molar-refractivity contribution is 6.31. The van der Waals surface area contributed by atoms with Gasteiger partial charge in [-0.25, -0.2) is 4.98 Å². The van der Waals surface area contributed by atoms with Gasteiger partial charge >= 0.3 is 0 Å². The first-order valence-corrected chi connectivity index (χ1v) is 7.10. The molecule has 2 aromatic heterocycles. The van der Waals surface area contributed by atoms with Gasteiger partial charge in [-0.1, -0.05) is 29.8 Å². The van der Waals surface area contributed by atoms with E-state index in [2.05, 4.69) is 4.98 Å². The average molecular weight is 303 g/mol. The van der Waals surface area contributed by atoms with E-state index in [4.69, 9.17) is 21.1 Å². The van der Waals surface area contributed by atoms with Crippen LogP contribution in [0.5, 0.6) is 0 Å². The fourth-order valence-corrected chi connectivity index (χ4v) is 2.47. The third-order valence-corrected chi connectivity index (χ3v) is 3.70. The zero-order valence-corrected chi connectivity index (χ0v) is 12.1. The molecule has 4 nitrogen and oxygen atoms in total. The van der Waals surface area contributed by atoms with E-state index in [0.717, 1.165) is 29.4 Å². The van der Waals surface area contributed by atoms with Crippen LogP contribution in [-0.4, -0.2) is 14.7 Å². The fraction of sp³-hybridized carbons (Fsp3) is 0.188. The summed E-state index contributed by atoms with van der Waals surface area (Å²) in [6, 6.07) is 11.4. The van der Waals surface area contributed by atoms with Gasteiger partial charge in [0.2, 0.25) is 0 Å². The van der Waals surface area contributed by atoms with E-state index in [-0.39, 0.29) is 6.61 Å². The second-order valence-corrected chi connectivity index (χ2v) is 5.12. The highest BCUT2D eigenvalue weighted by atomic mass is 35.5. The van der Waals surface area contributed by atoms with Crippen LogP contribution in [0.25, 0.3) is 11.6 Å². The maximum atomic E-state index is 9.06. The molecule has 2 heterocycles. The quantitative estimate of drug-likeness (QED) is 0.784. The minimum absolute atomic E-state index is 0.111. The van der Waals surface area contributed by atoms with E-state index >= 15 is 0 Å². The summed E-state index contributed by atoms with van der Waals surface area (Å²) in [4.78, 5) is 4.32. The SMILES string of the molecule is OCc1ccc(-c2nccn2CCc2ccccc2Cl)o1. The molecule has 3 aromatic rings. The lowest BCUT2D eigenvalue weighted by Crippen LogP contribution is -2.02. The summed E-state index contributed by atoms with van der Waals surface area (Å²) >= 11 is 6.17. The lowest BCUT2D eigenvalue weighted by Gasteiger charge is -2.07. The number of benzene rings is 1. The molecule has 5 heteroatoms. The molecule has 0 saturated carbocycles. The second-order valence-electron chi connectivity index (χ2n) is 4.71. The Labute approximate surface area is 127 Å². The first-order chi connectivity index (χ1) is 10.3. The molecule has 0 saturated heterocycles. The van der Waals surface area contributed by atoms with E-state index in [9.17, 15) is 0 Å². The fourth-order valence-electron chi connectivity index (χ4n) is 2.24. The molecular formula is C16H15ClN2O2. The molecule has 1 N–H and O–H groups in total. The Morgan fingerprint density at radius 3 is 2.81 bits per heavy atom. The zero-order chi connectivity index (χ0) is 14.7. The molecule has 0 spiro atoms. The molecule has 0 aliphatic rings. The Hall–Kier alpha value is -2.04. The monoisotopic (exact) mass is 302 g/mol. The molecule has 0 amide bonds. The predicted molar refractivity (Wildman–Crippen MR) is 81.0 cm³/mol. The third-order valence-electron chi connectivity index (χ3n) is 3.33. The Kier molecular flexibility index (Phi) is 4.08. The molecule has 0 atom stereocenters. The summed E-state index contributed by atoms with van der Waals surface area (Å²) in [7, 11) is 0. The van der Waals surface area contributed by atoms with Crippen molar-refractivity contribution in [2.75, 3.05) is 0 Å². The molecule has 0 bridgehead atoms. The van der Waals surface area contributed by atoms with Crippen molar-refractivity contribution in [3.05, 3.63) is 65.1 Å². The van der Waals surface area contributed by atoms with Gasteiger partial charge in [0.1, 0.15) is 12.4 Å². The van der Waals surface area contributed by atoms with Gasteiger partial charge in [0.05, 0.1) is 0 Å². The van der Waals surface area contributed by atoms with Crippen LogP contribution in [0.1, 0.15) is 11.3 Å². The molecule has 0 radical (unpaired) electrons. The third kappa shape index (κ3) is 3.01. The normalized spacial score (nSPS) is 11.0. The summed E-state index contributed by atoms with van der Waals surface area (Å²) in [6.07, 6.45) is 4.47. The Morgan fingerprint density at radius 2 is 2.05 bits per heavy atom. The van der Waals surface area contributed by atoms with E-state index in [1.807, 2.05) is 41.1 Å². The summed E-state index contributed by atoms with van der Waals surface area (Å²) in [5, 5.41) is 9.84. The Balaban J connectivity index is 1.78. The van der Waals surface area contributed by atoms with Crippen LogP contribution in [-0.2, 0) is 19.6 Å². The molecule has 108 valence electrons. The van der Waals surface area contributed by atoms with Crippen molar-refractivity contribution in [2.45, 2.75) is 19.6 Å². The van der Waals surface area contributed by atoms with E-state index in [0.29, 0.717) is 11.5 Å². The van der Waals surface area contributed by atoms with Gasteiger partial charge in [-0.15, -0.1) is 0 Å². The van der Waals surface area contributed by atoms with E-state index in [1.54, 1.807) is 12.3 Å². The average Bonchev–Trinajstić information content (AvgIpc) is 3.14. The van der Waals surface area contributed by atoms with Crippen molar-refractivity contribution >= 4 is 11.6 Å². The number of furan rings is 1. The van der Waals surface area contributed by atoms with Crippen molar-refractivity contribution in [1.29, 1.82) is 0 Å². The van der Waals surface area contributed by atoms with Gasteiger partial charge in [0.25, 0.3) is 0 Å². The highest BCUT2D eigenvalue weighted by Gasteiger charge is 2.11. The minimum Gasteiger partial charge on any atom is -0.455 e. The van der Waals surface area contributed by atoms with Crippen LogP contribution in [0.4, 0.5) is 0 Å². The molecule has 0 aliphatic heterocycles. The Bertz CT molecular complexity index is 733. The lowest BCUT2D eigenvalue weighted by molar-refractivity contribution is 0.248. The van der Waals surface area contributed by atoms with Gasteiger partial charge in [0.15, 0.2) is 11.6 Å².